The maximum absolute atomic E-state index is 12.6. The predicted molar refractivity (Wildman–Crippen MR) is 113 cm³/mol. The van der Waals surface area contributed by atoms with Gasteiger partial charge in [0.05, 0.1) is 12.3 Å². The number of piperazine rings is 1. The van der Waals surface area contributed by atoms with Gasteiger partial charge in [-0.3, -0.25) is 4.79 Å². The molecule has 10 heteroatoms. The Kier molecular flexibility index (Phi) is 5.37. The van der Waals surface area contributed by atoms with Crippen LogP contribution in [0.5, 0.6) is 5.75 Å². The lowest BCUT2D eigenvalue weighted by Gasteiger charge is -2.36. The lowest BCUT2D eigenvalue weighted by Crippen LogP contribution is -2.51. The molecular formula is C21H25N7O3. The number of aromatic nitrogens is 5. The Morgan fingerprint density at radius 2 is 1.97 bits per heavy atom. The summed E-state index contributed by atoms with van der Waals surface area (Å²) >= 11 is 0. The van der Waals surface area contributed by atoms with Crippen LogP contribution in [0.1, 0.15) is 19.8 Å². The van der Waals surface area contributed by atoms with Crippen molar-refractivity contribution < 1.29 is 14.3 Å². The van der Waals surface area contributed by atoms with E-state index in [9.17, 15) is 4.79 Å². The maximum atomic E-state index is 12.6. The number of anilines is 1. The van der Waals surface area contributed by atoms with Gasteiger partial charge in [0.2, 0.25) is 0 Å². The summed E-state index contributed by atoms with van der Waals surface area (Å²) in [7, 11) is 0. The molecule has 1 atom stereocenters. The number of ether oxygens (including phenoxy) is 2. The van der Waals surface area contributed by atoms with E-state index in [-0.39, 0.29) is 12.0 Å². The molecule has 2 fully saturated rings. The van der Waals surface area contributed by atoms with Crippen LogP contribution in [0.4, 0.5) is 5.82 Å². The molecule has 0 saturated carbocycles. The summed E-state index contributed by atoms with van der Waals surface area (Å²) in [6, 6.07) is 7.66. The van der Waals surface area contributed by atoms with E-state index in [1.54, 1.807) is 4.68 Å². The van der Waals surface area contributed by atoms with Gasteiger partial charge < -0.3 is 19.3 Å². The Labute approximate surface area is 179 Å². The van der Waals surface area contributed by atoms with Crippen LogP contribution in [0.15, 0.2) is 30.6 Å². The zero-order valence-electron chi connectivity index (χ0n) is 17.5. The van der Waals surface area contributed by atoms with Crippen LogP contribution < -0.4 is 9.64 Å². The quantitative estimate of drug-likeness (QED) is 0.608. The van der Waals surface area contributed by atoms with E-state index in [1.807, 2.05) is 36.1 Å². The fraction of sp³-hybridized carbons (Fsp3) is 0.476. The van der Waals surface area contributed by atoms with E-state index in [1.165, 1.54) is 6.33 Å². The number of carbonyl (C=O) groups excluding carboxylic acids is 1. The average Bonchev–Trinajstić information content (AvgIpc) is 3.50. The van der Waals surface area contributed by atoms with E-state index < -0.39 is 0 Å². The van der Waals surface area contributed by atoms with Crippen molar-refractivity contribution in [3.8, 4) is 11.4 Å². The van der Waals surface area contributed by atoms with Crippen molar-refractivity contribution in [3.05, 3.63) is 30.6 Å². The number of rotatable bonds is 5. The minimum Gasteiger partial charge on any atom is -0.494 e. The van der Waals surface area contributed by atoms with Crippen molar-refractivity contribution in [1.82, 2.24) is 29.9 Å². The first kappa shape index (κ1) is 19.7. The highest BCUT2D eigenvalue weighted by Crippen LogP contribution is 2.25. The van der Waals surface area contributed by atoms with Crippen LogP contribution in [0.2, 0.25) is 0 Å². The molecule has 10 nitrogen and oxygen atoms in total. The molecule has 4 heterocycles. The Morgan fingerprint density at radius 3 is 2.68 bits per heavy atom. The molecule has 162 valence electrons. The van der Waals surface area contributed by atoms with Gasteiger partial charge in [0.25, 0.3) is 5.91 Å². The van der Waals surface area contributed by atoms with Crippen molar-refractivity contribution in [3.63, 3.8) is 0 Å². The highest BCUT2D eigenvalue weighted by molar-refractivity contribution is 5.84. The van der Waals surface area contributed by atoms with Gasteiger partial charge in [0, 0.05) is 32.8 Å². The number of amides is 1. The highest BCUT2D eigenvalue weighted by Gasteiger charge is 2.31. The first-order chi connectivity index (χ1) is 15.2. The second-order valence-electron chi connectivity index (χ2n) is 7.61. The molecule has 5 rings (SSSR count). The summed E-state index contributed by atoms with van der Waals surface area (Å²) in [6.07, 6.45) is 3.04. The van der Waals surface area contributed by atoms with E-state index in [2.05, 4.69) is 25.2 Å². The fourth-order valence-electron chi connectivity index (χ4n) is 4.11. The summed E-state index contributed by atoms with van der Waals surface area (Å²) in [5.74, 6) is 1.65. The van der Waals surface area contributed by atoms with Crippen molar-refractivity contribution in [2.45, 2.75) is 25.9 Å². The Hall–Kier alpha value is -3.27. The zero-order chi connectivity index (χ0) is 21.2. The third kappa shape index (κ3) is 3.78. The van der Waals surface area contributed by atoms with Gasteiger partial charge in [0.15, 0.2) is 17.0 Å². The number of nitrogens with zero attached hydrogens (tertiary/aromatic N) is 7. The summed E-state index contributed by atoms with van der Waals surface area (Å²) in [5.41, 5.74) is 2.14. The smallest absolute Gasteiger partial charge is 0.251 e. The van der Waals surface area contributed by atoms with E-state index >= 15 is 0 Å². The van der Waals surface area contributed by atoms with E-state index in [4.69, 9.17) is 9.47 Å². The molecule has 0 spiro atoms. The SMILES string of the molecule is CCOc1ccc(-n2nnc3c(N4CCN(C(=O)C5CCCO5)CC4)ncnc32)cc1. The molecule has 2 saturated heterocycles. The first-order valence-electron chi connectivity index (χ1n) is 10.7. The summed E-state index contributed by atoms with van der Waals surface area (Å²) in [6.45, 7) is 5.89. The second kappa shape index (κ2) is 8.46. The predicted octanol–water partition coefficient (Wildman–Crippen LogP) is 1.44. The van der Waals surface area contributed by atoms with Crippen LogP contribution >= 0.6 is 0 Å². The number of carbonyl (C=O) groups is 1. The second-order valence-corrected chi connectivity index (χ2v) is 7.61. The Balaban J connectivity index is 1.34. The lowest BCUT2D eigenvalue weighted by molar-refractivity contribution is -0.141. The summed E-state index contributed by atoms with van der Waals surface area (Å²) in [4.78, 5) is 25.5. The molecule has 2 aromatic heterocycles. The number of hydrogen-bond donors (Lipinski definition) is 0. The third-order valence-electron chi connectivity index (χ3n) is 5.71. The molecule has 0 bridgehead atoms. The topological polar surface area (TPSA) is 98.5 Å². The Bertz CT molecular complexity index is 1050. The molecule has 0 radical (unpaired) electrons. The van der Waals surface area contributed by atoms with E-state index in [0.29, 0.717) is 50.6 Å². The third-order valence-corrected chi connectivity index (χ3v) is 5.71. The molecule has 1 unspecified atom stereocenters. The number of fused-ring (bicyclic) bond motifs is 1. The Morgan fingerprint density at radius 1 is 1.16 bits per heavy atom. The van der Waals surface area contributed by atoms with Crippen LogP contribution in [-0.4, -0.2) is 81.3 Å². The molecule has 0 aliphatic carbocycles. The fourth-order valence-corrected chi connectivity index (χ4v) is 4.11. The minimum atomic E-state index is -0.272. The monoisotopic (exact) mass is 423 g/mol. The van der Waals surface area contributed by atoms with Crippen LogP contribution in [-0.2, 0) is 9.53 Å². The molecule has 1 amide bonds. The molecule has 0 N–H and O–H groups in total. The molecule has 2 aliphatic heterocycles. The van der Waals surface area contributed by atoms with Gasteiger partial charge >= 0.3 is 0 Å². The first-order valence-corrected chi connectivity index (χ1v) is 10.7. The average molecular weight is 423 g/mol. The summed E-state index contributed by atoms with van der Waals surface area (Å²) in [5, 5.41) is 8.67. The van der Waals surface area contributed by atoms with Gasteiger partial charge in [-0.1, -0.05) is 5.21 Å². The standard InChI is InChI=1S/C21H25N7O3/c1-2-30-16-7-5-15(6-8-16)28-20-18(24-25-28)19(22-14-23-20)26-9-11-27(12-10-26)21(29)17-4-3-13-31-17/h5-8,14,17H,2-4,9-13H2,1H3. The van der Waals surface area contributed by atoms with Gasteiger partial charge in [-0.2, -0.15) is 4.68 Å². The highest BCUT2D eigenvalue weighted by atomic mass is 16.5. The van der Waals surface area contributed by atoms with Gasteiger partial charge in [-0.25, -0.2) is 9.97 Å². The number of benzene rings is 1. The molecule has 2 aliphatic rings. The van der Waals surface area contributed by atoms with Crippen LogP contribution in [0.3, 0.4) is 0 Å². The molecular weight excluding hydrogens is 398 g/mol. The minimum absolute atomic E-state index is 0.103. The lowest BCUT2D eigenvalue weighted by atomic mass is 10.2. The van der Waals surface area contributed by atoms with Gasteiger partial charge in [0.1, 0.15) is 18.2 Å². The summed E-state index contributed by atoms with van der Waals surface area (Å²) < 4.78 is 12.8. The van der Waals surface area contributed by atoms with Gasteiger partial charge in [-0.05, 0) is 44.0 Å². The zero-order valence-corrected chi connectivity index (χ0v) is 17.5. The largest absolute Gasteiger partial charge is 0.494 e. The number of hydrogen-bond acceptors (Lipinski definition) is 8. The molecule has 31 heavy (non-hydrogen) atoms. The van der Waals surface area contributed by atoms with Crippen LogP contribution in [0, 0.1) is 0 Å². The van der Waals surface area contributed by atoms with Crippen molar-refractivity contribution in [2.24, 2.45) is 0 Å². The van der Waals surface area contributed by atoms with Crippen LogP contribution in [0.25, 0.3) is 16.9 Å². The van der Waals surface area contributed by atoms with E-state index in [0.717, 1.165) is 30.1 Å². The van der Waals surface area contributed by atoms with Crippen molar-refractivity contribution in [1.29, 1.82) is 0 Å². The van der Waals surface area contributed by atoms with Gasteiger partial charge in [-0.15, -0.1) is 5.10 Å². The molecule has 1 aromatic carbocycles. The normalized spacial score (nSPS) is 19.2. The maximum Gasteiger partial charge on any atom is 0.251 e. The van der Waals surface area contributed by atoms with Crippen molar-refractivity contribution in [2.75, 3.05) is 44.3 Å². The molecule has 3 aromatic rings. The van der Waals surface area contributed by atoms with Crippen molar-refractivity contribution >= 4 is 22.9 Å².